The van der Waals surface area contributed by atoms with Crippen molar-refractivity contribution in [3.8, 4) is 11.5 Å². The number of aromatic nitrogens is 2. The highest BCUT2D eigenvalue weighted by Crippen LogP contribution is 2.46. The SMILES string of the molecule is COc1ccc(C2SC(C)=Nc3c2c(=O)[nH]n3C2CCCC2)cc1O. The predicted molar refractivity (Wildman–Crippen MR) is 99.4 cm³/mol. The van der Waals surface area contributed by atoms with Gasteiger partial charge >= 0.3 is 0 Å². The number of nitrogens with one attached hydrogen (secondary N) is 1. The molecule has 4 rings (SSSR count). The highest BCUT2D eigenvalue weighted by molar-refractivity contribution is 8.14. The molecule has 1 aromatic carbocycles. The van der Waals surface area contributed by atoms with E-state index in [0.29, 0.717) is 17.4 Å². The maximum atomic E-state index is 12.7. The predicted octanol–water partition coefficient (Wildman–Crippen LogP) is 3.89. The molecule has 25 heavy (non-hydrogen) atoms. The van der Waals surface area contributed by atoms with E-state index in [1.165, 1.54) is 31.7 Å². The molecule has 1 saturated carbocycles. The summed E-state index contributed by atoms with van der Waals surface area (Å²) in [5.41, 5.74) is 1.45. The maximum Gasteiger partial charge on any atom is 0.271 e. The monoisotopic (exact) mass is 359 g/mol. The smallest absolute Gasteiger partial charge is 0.271 e. The Balaban J connectivity index is 1.82. The van der Waals surface area contributed by atoms with Crippen molar-refractivity contribution in [1.82, 2.24) is 9.78 Å². The summed E-state index contributed by atoms with van der Waals surface area (Å²) in [7, 11) is 1.52. The number of fused-ring (bicyclic) bond motifs is 1. The number of hydrogen-bond acceptors (Lipinski definition) is 5. The van der Waals surface area contributed by atoms with Crippen molar-refractivity contribution in [3.05, 3.63) is 39.7 Å². The Hall–Kier alpha value is -2.15. The number of H-pyrrole nitrogens is 1. The van der Waals surface area contributed by atoms with Crippen LogP contribution in [0.5, 0.6) is 11.5 Å². The van der Waals surface area contributed by atoms with Gasteiger partial charge in [0.15, 0.2) is 17.3 Å². The van der Waals surface area contributed by atoms with Crippen LogP contribution in [-0.4, -0.2) is 27.0 Å². The van der Waals surface area contributed by atoms with Gasteiger partial charge in [0.2, 0.25) is 0 Å². The van der Waals surface area contributed by atoms with E-state index in [1.54, 1.807) is 12.1 Å². The summed E-state index contributed by atoms with van der Waals surface area (Å²) in [5.74, 6) is 1.25. The summed E-state index contributed by atoms with van der Waals surface area (Å²) in [6, 6.07) is 5.62. The number of phenols is 1. The number of ether oxygens (including phenoxy) is 1. The van der Waals surface area contributed by atoms with Crippen molar-refractivity contribution in [2.75, 3.05) is 7.11 Å². The molecule has 0 saturated heterocycles. The average Bonchev–Trinajstić information content (AvgIpc) is 3.22. The van der Waals surface area contributed by atoms with E-state index in [9.17, 15) is 9.90 Å². The van der Waals surface area contributed by atoms with Crippen molar-refractivity contribution in [2.24, 2.45) is 4.99 Å². The quantitative estimate of drug-likeness (QED) is 0.871. The van der Waals surface area contributed by atoms with Crippen molar-refractivity contribution in [1.29, 1.82) is 0 Å². The second kappa shape index (κ2) is 6.29. The lowest BCUT2D eigenvalue weighted by molar-refractivity contribution is 0.373. The third-order valence-electron chi connectivity index (χ3n) is 4.95. The van der Waals surface area contributed by atoms with Crippen LogP contribution >= 0.6 is 11.8 Å². The van der Waals surface area contributed by atoms with Crippen molar-refractivity contribution >= 4 is 22.6 Å². The van der Waals surface area contributed by atoms with Crippen LogP contribution in [0.2, 0.25) is 0 Å². The first kappa shape index (κ1) is 16.3. The Morgan fingerprint density at radius 1 is 1.36 bits per heavy atom. The van der Waals surface area contributed by atoms with Gasteiger partial charge in [-0.25, -0.2) is 4.99 Å². The third-order valence-corrected chi connectivity index (χ3v) is 6.12. The number of methoxy groups -OCH3 is 1. The van der Waals surface area contributed by atoms with Crippen LogP contribution in [0.15, 0.2) is 28.0 Å². The summed E-state index contributed by atoms with van der Waals surface area (Å²) in [4.78, 5) is 17.4. The van der Waals surface area contributed by atoms with E-state index in [1.807, 2.05) is 17.7 Å². The fraction of sp³-hybridized carbons (Fsp3) is 0.444. The van der Waals surface area contributed by atoms with Gasteiger partial charge in [0.25, 0.3) is 5.56 Å². The van der Waals surface area contributed by atoms with Crippen molar-refractivity contribution in [3.63, 3.8) is 0 Å². The minimum atomic E-state index is -0.185. The topological polar surface area (TPSA) is 79.6 Å². The summed E-state index contributed by atoms with van der Waals surface area (Å²) in [6.07, 6.45) is 4.53. The first-order chi connectivity index (χ1) is 12.1. The van der Waals surface area contributed by atoms with Crippen molar-refractivity contribution < 1.29 is 9.84 Å². The first-order valence-electron chi connectivity index (χ1n) is 8.51. The van der Waals surface area contributed by atoms with E-state index in [-0.39, 0.29) is 16.6 Å². The zero-order valence-electron chi connectivity index (χ0n) is 14.3. The highest BCUT2D eigenvalue weighted by atomic mass is 32.2. The van der Waals surface area contributed by atoms with Crippen molar-refractivity contribution in [2.45, 2.75) is 43.9 Å². The van der Waals surface area contributed by atoms with E-state index in [0.717, 1.165) is 29.3 Å². The van der Waals surface area contributed by atoms with Gasteiger partial charge in [-0.3, -0.25) is 14.6 Å². The molecule has 0 radical (unpaired) electrons. The fourth-order valence-electron chi connectivity index (χ4n) is 3.74. The Morgan fingerprint density at radius 3 is 2.80 bits per heavy atom. The van der Waals surface area contributed by atoms with Gasteiger partial charge in [0.1, 0.15) is 0 Å². The van der Waals surface area contributed by atoms with Crippen LogP contribution in [0, 0.1) is 0 Å². The number of phenolic OH excluding ortho intramolecular Hbond substituents is 1. The number of nitrogens with zero attached hydrogens (tertiary/aromatic N) is 2. The van der Waals surface area contributed by atoms with Gasteiger partial charge in [-0.15, -0.1) is 0 Å². The highest BCUT2D eigenvalue weighted by Gasteiger charge is 2.32. The molecule has 1 fully saturated rings. The van der Waals surface area contributed by atoms with Gasteiger partial charge in [0, 0.05) is 0 Å². The molecule has 1 aromatic heterocycles. The third kappa shape index (κ3) is 2.76. The van der Waals surface area contributed by atoms with E-state index in [2.05, 4.69) is 10.1 Å². The minimum Gasteiger partial charge on any atom is -0.504 e. The lowest BCUT2D eigenvalue weighted by atomic mass is 10.1. The molecule has 2 heterocycles. The number of thioether (sulfide) groups is 1. The van der Waals surface area contributed by atoms with E-state index < -0.39 is 0 Å². The molecule has 2 aliphatic rings. The zero-order chi connectivity index (χ0) is 17.6. The number of aliphatic imine (C=N–C) groups is 1. The maximum absolute atomic E-state index is 12.7. The standard InChI is InChI=1S/C18H21N3O3S/c1-10-19-17-15(18(23)20-21(17)12-5-3-4-6-12)16(25-10)11-7-8-14(24-2)13(22)9-11/h7-9,12,16,22H,3-6H2,1-2H3,(H,20,23). The Morgan fingerprint density at radius 2 is 2.12 bits per heavy atom. The molecule has 7 heteroatoms. The van der Waals surface area contributed by atoms with Gasteiger partial charge in [0.05, 0.1) is 29.0 Å². The second-order valence-corrected chi connectivity index (χ2v) is 7.84. The average molecular weight is 359 g/mol. The van der Waals surface area contributed by atoms with Crippen LogP contribution in [0.1, 0.15) is 55.0 Å². The molecule has 0 bridgehead atoms. The lowest BCUT2D eigenvalue weighted by Gasteiger charge is -2.22. The molecule has 1 atom stereocenters. The molecule has 0 spiro atoms. The van der Waals surface area contributed by atoms with Gasteiger partial charge in [-0.2, -0.15) is 0 Å². The van der Waals surface area contributed by atoms with Crippen LogP contribution < -0.4 is 10.3 Å². The number of hydrogen-bond donors (Lipinski definition) is 2. The molecule has 1 aliphatic carbocycles. The zero-order valence-corrected chi connectivity index (χ0v) is 15.1. The summed E-state index contributed by atoms with van der Waals surface area (Å²) in [5, 5.41) is 13.9. The summed E-state index contributed by atoms with van der Waals surface area (Å²) >= 11 is 1.54. The normalized spacial score (nSPS) is 20.4. The molecular weight excluding hydrogens is 338 g/mol. The molecule has 0 amide bonds. The van der Waals surface area contributed by atoms with Crippen LogP contribution in [0.3, 0.4) is 0 Å². The molecule has 132 valence electrons. The second-order valence-electron chi connectivity index (χ2n) is 6.55. The molecule has 1 aliphatic heterocycles. The lowest BCUT2D eigenvalue weighted by Crippen LogP contribution is -2.13. The van der Waals surface area contributed by atoms with Gasteiger partial charge in [-0.1, -0.05) is 30.7 Å². The summed E-state index contributed by atoms with van der Waals surface area (Å²) in [6.45, 7) is 1.96. The molecule has 1 unspecified atom stereocenters. The Kier molecular flexibility index (Phi) is 4.11. The van der Waals surface area contributed by atoms with E-state index in [4.69, 9.17) is 4.74 Å². The molecule has 2 N–H and O–H groups in total. The summed E-state index contributed by atoms with van der Waals surface area (Å²) < 4.78 is 7.08. The van der Waals surface area contributed by atoms with Gasteiger partial charge < -0.3 is 9.84 Å². The van der Waals surface area contributed by atoms with Crippen LogP contribution in [0.25, 0.3) is 0 Å². The minimum absolute atomic E-state index is 0.0777. The van der Waals surface area contributed by atoms with Gasteiger partial charge in [-0.05, 0) is 37.5 Å². The van der Waals surface area contributed by atoms with Crippen LogP contribution in [-0.2, 0) is 0 Å². The number of aromatic amines is 1. The first-order valence-corrected chi connectivity index (χ1v) is 9.39. The largest absolute Gasteiger partial charge is 0.504 e. The molecular formula is C18H21N3O3S. The molecule has 6 nitrogen and oxygen atoms in total. The van der Waals surface area contributed by atoms with Crippen LogP contribution in [0.4, 0.5) is 5.82 Å². The Labute approximate surface area is 149 Å². The Bertz CT molecular complexity index is 893. The fourth-order valence-corrected chi connectivity index (χ4v) is 4.83. The number of benzene rings is 1. The number of rotatable bonds is 3. The number of aromatic hydroxyl groups is 1. The van der Waals surface area contributed by atoms with E-state index >= 15 is 0 Å². The molecule has 2 aromatic rings.